The second kappa shape index (κ2) is 6.21. The molecule has 94 valence electrons. The summed E-state index contributed by atoms with van der Waals surface area (Å²) in [5.41, 5.74) is 5.79. The van der Waals surface area contributed by atoms with Gasteiger partial charge in [0.25, 0.3) is 0 Å². The van der Waals surface area contributed by atoms with E-state index in [1.807, 2.05) is 13.8 Å². The molecule has 0 aliphatic heterocycles. The Kier molecular flexibility index (Phi) is 5.22. The van der Waals surface area contributed by atoms with Crippen LogP contribution < -0.4 is 11.1 Å². The average molecular weight is 228 g/mol. The van der Waals surface area contributed by atoms with Crippen molar-refractivity contribution in [1.82, 2.24) is 5.32 Å². The van der Waals surface area contributed by atoms with E-state index in [0.717, 1.165) is 25.7 Å². The van der Waals surface area contributed by atoms with Crippen LogP contribution in [0, 0.1) is 5.92 Å². The molecule has 0 aromatic rings. The second-order valence-electron chi connectivity index (χ2n) is 4.99. The van der Waals surface area contributed by atoms with Crippen molar-refractivity contribution < 1.29 is 9.53 Å². The van der Waals surface area contributed by atoms with Gasteiger partial charge in [0.15, 0.2) is 0 Å². The lowest BCUT2D eigenvalue weighted by molar-refractivity contribution is -0.124. The van der Waals surface area contributed by atoms with E-state index < -0.39 is 0 Å². The molecule has 0 bridgehead atoms. The molecule has 4 nitrogen and oxygen atoms in total. The van der Waals surface area contributed by atoms with Gasteiger partial charge in [-0.2, -0.15) is 0 Å². The van der Waals surface area contributed by atoms with Crippen LogP contribution in [0.2, 0.25) is 0 Å². The van der Waals surface area contributed by atoms with Gasteiger partial charge in [-0.3, -0.25) is 4.79 Å². The number of carbonyl (C=O) groups is 1. The maximum absolute atomic E-state index is 11.7. The van der Waals surface area contributed by atoms with Crippen molar-refractivity contribution >= 4 is 5.91 Å². The molecule has 1 rings (SSSR count). The fraction of sp³-hybridized carbons (Fsp3) is 0.917. The molecule has 0 aromatic carbocycles. The number of methoxy groups -OCH3 is 1. The van der Waals surface area contributed by atoms with Crippen LogP contribution in [0.15, 0.2) is 0 Å². The van der Waals surface area contributed by atoms with Crippen LogP contribution in [0.1, 0.15) is 39.5 Å². The molecule has 0 aromatic heterocycles. The molecule has 4 heteroatoms. The highest BCUT2D eigenvalue weighted by molar-refractivity contribution is 5.82. The Hall–Kier alpha value is -0.610. The van der Waals surface area contributed by atoms with E-state index >= 15 is 0 Å². The summed E-state index contributed by atoms with van der Waals surface area (Å²) in [5.74, 6) is 0.172. The fourth-order valence-electron chi connectivity index (χ4n) is 2.04. The Morgan fingerprint density at radius 3 is 2.31 bits per heavy atom. The van der Waals surface area contributed by atoms with Crippen LogP contribution in [-0.4, -0.2) is 31.2 Å². The molecule has 1 fully saturated rings. The highest BCUT2D eigenvalue weighted by Crippen LogP contribution is 2.20. The van der Waals surface area contributed by atoms with E-state index in [9.17, 15) is 4.79 Å². The van der Waals surface area contributed by atoms with Crippen LogP contribution >= 0.6 is 0 Å². The quantitative estimate of drug-likeness (QED) is 0.755. The molecule has 0 saturated heterocycles. The van der Waals surface area contributed by atoms with E-state index in [1.54, 1.807) is 7.11 Å². The van der Waals surface area contributed by atoms with Crippen molar-refractivity contribution in [3.63, 3.8) is 0 Å². The zero-order valence-corrected chi connectivity index (χ0v) is 10.5. The monoisotopic (exact) mass is 228 g/mol. The molecule has 1 aliphatic rings. The van der Waals surface area contributed by atoms with E-state index in [-0.39, 0.29) is 23.9 Å². The van der Waals surface area contributed by atoms with Crippen molar-refractivity contribution in [1.29, 1.82) is 0 Å². The predicted octanol–water partition coefficient (Wildman–Crippen LogP) is 1.04. The van der Waals surface area contributed by atoms with Gasteiger partial charge in [-0.15, -0.1) is 0 Å². The lowest BCUT2D eigenvalue weighted by Crippen LogP contribution is -2.49. The number of ether oxygens (including phenoxy) is 1. The van der Waals surface area contributed by atoms with Gasteiger partial charge < -0.3 is 15.8 Å². The third kappa shape index (κ3) is 3.76. The fourth-order valence-corrected chi connectivity index (χ4v) is 2.04. The van der Waals surface area contributed by atoms with Crippen LogP contribution in [0.25, 0.3) is 0 Å². The van der Waals surface area contributed by atoms with Crippen LogP contribution in [0.4, 0.5) is 0 Å². The maximum Gasteiger partial charge on any atom is 0.237 e. The van der Waals surface area contributed by atoms with Crippen molar-refractivity contribution in [2.45, 2.75) is 57.7 Å². The molecule has 0 radical (unpaired) electrons. The summed E-state index contributed by atoms with van der Waals surface area (Å²) in [7, 11) is 1.75. The molecule has 1 aliphatic carbocycles. The minimum absolute atomic E-state index is 0.0177. The first-order chi connectivity index (χ1) is 7.54. The topological polar surface area (TPSA) is 64.3 Å². The smallest absolute Gasteiger partial charge is 0.237 e. The SMILES string of the molecule is COC1CCC(NC(=O)[C@@H](N)C(C)C)CC1. The minimum atomic E-state index is -0.389. The van der Waals surface area contributed by atoms with Crippen molar-refractivity contribution in [2.24, 2.45) is 11.7 Å². The van der Waals surface area contributed by atoms with Crippen molar-refractivity contribution in [3.05, 3.63) is 0 Å². The summed E-state index contributed by atoms with van der Waals surface area (Å²) in [6.07, 6.45) is 4.41. The summed E-state index contributed by atoms with van der Waals surface area (Å²) in [6.45, 7) is 3.93. The zero-order valence-electron chi connectivity index (χ0n) is 10.5. The van der Waals surface area contributed by atoms with Crippen molar-refractivity contribution in [3.8, 4) is 0 Å². The standard InChI is InChI=1S/C12H24N2O2/c1-8(2)11(13)12(15)14-9-4-6-10(16-3)7-5-9/h8-11H,4-7,13H2,1-3H3,(H,14,15)/t9?,10?,11-/m0/s1. The van der Waals surface area contributed by atoms with Crippen molar-refractivity contribution in [2.75, 3.05) is 7.11 Å². The molecule has 1 amide bonds. The summed E-state index contributed by atoms with van der Waals surface area (Å²) in [4.78, 5) is 11.7. The Morgan fingerprint density at radius 2 is 1.88 bits per heavy atom. The summed E-state index contributed by atoms with van der Waals surface area (Å²) < 4.78 is 5.29. The first-order valence-corrected chi connectivity index (χ1v) is 6.13. The van der Waals surface area contributed by atoms with E-state index in [0.29, 0.717) is 6.10 Å². The molecule has 16 heavy (non-hydrogen) atoms. The number of carbonyl (C=O) groups excluding carboxylic acids is 1. The van der Waals surface area contributed by atoms with E-state index in [4.69, 9.17) is 10.5 Å². The van der Waals surface area contributed by atoms with Gasteiger partial charge in [-0.25, -0.2) is 0 Å². The summed E-state index contributed by atoms with van der Waals surface area (Å²) in [6, 6.07) is -0.108. The third-order valence-electron chi connectivity index (χ3n) is 3.37. The highest BCUT2D eigenvalue weighted by Gasteiger charge is 2.24. The van der Waals surface area contributed by atoms with E-state index in [2.05, 4.69) is 5.32 Å². The van der Waals surface area contributed by atoms with Crippen LogP contribution in [-0.2, 0) is 9.53 Å². The Morgan fingerprint density at radius 1 is 1.31 bits per heavy atom. The van der Waals surface area contributed by atoms with Crippen LogP contribution in [0.3, 0.4) is 0 Å². The Bertz CT molecular complexity index is 223. The molecule has 0 heterocycles. The number of nitrogens with two attached hydrogens (primary N) is 1. The number of hydrogen-bond donors (Lipinski definition) is 2. The van der Waals surface area contributed by atoms with Gasteiger partial charge in [0, 0.05) is 13.2 Å². The van der Waals surface area contributed by atoms with Crippen LogP contribution in [0.5, 0.6) is 0 Å². The average Bonchev–Trinajstić information content (AvgIpc) is 2.28. The first kappa shape index (κ1) is 13.5. The number of nitrogens with one attached hydrogen (secondary N) is 1. The van der Waals surface area contributed by atoms with Gasteiger partial charge in [0.05, 0.1) is 12.1 Å². The summed E-state index contributed by atoms with van der Waals surface area (Å²) in [5, 5.41) is 3.03. The maximum atomic E-state index is 11.7. The number of rotatable bonds is 4. The summed E-state index contributed by atoms with van der Waals surface area (Å²) >= 11 is 0. The third-order valence-corrected chi connectivity index (χ3v) is 3.37. The van der Waals surface area contributed by atoms with E-state index in [1.165, 1.54) is 0 Å². The minimum Gasteiger partial charge on any atom is -0.381 e. The van der Waals surface area contributed by atoms with Gasteiger partial charge in [-0.05, 0) is 31.6 Å². The number of hydrogen-bond acceptors (Lipinski definition) is 3. The van der Waals surface area contributed by atoms with Gasteiger partial charge in [-0.1, -0.05) is 13.8 Å². The Balaban J connectivity index is 2.31. The molecule has 0 unspecified atom stereocenters. The second-order valence-corrected chi connectivity index (χ2v) is 4.99. The molecule has 0 spiro atoms. The molecular weight excluding hydrogens is 204 g/mol. The zero-order chi connectivity index (χ0) is 12.1. The Labute approximate surface area is 97.9 Å². The highest BCUT2D eigenvalue weighted by atomic mass is 16.5. The molecular formula is C12H24N2O2. The van der Waals surface area contributed by atoms with Gasteiger partial charge in [0.2, 0.25) is 5.91 Å². The predicted molar refractivity (Wildman–Crippen MR) is 64.0 cm³/mol. The lowest BCUT2D eigenvalue weighted by Gasteiger charge is -2.29. The molecule has 3 N–H and O–H groups in total. The molecule has 1 saturated carbocycles. The van der Waals surface area contributed by atoms with Gasteiger partial charge >= 0.3 is 0 Å². The van der Waals surface area contributed by atoms with Gasteiger partial charge in [0.1, 0.15) is 0 Å². The molecule has 1 atom stereocenters. The largest absolute Gasteiger partial charge is 0.381 e. The first-order valence-electron chi connectivity index (χ1n) is 6.13. The lowest BCUT2D eigenvalue weighted by atomic mass is 9.92. The normalized spacial score (nSPS) is 27.8. The number of amides is 1.